The average Bonchev–Trinajstić information content (AvgIpc) is 2.74. The molecule has 2 N–H and O–H groups in total. The van der Waals surface area contributed by atoms with Gasteiger partial charge in [-0.25, -0.2) is 12.8 Å². The fourth-order valence-corrected chi connectivity index (χ4v) is 4.98. The molecule has 0 saturated heterocycles. The zero-order valence-corrected chi connectivity index (χ0v) is 19.3. The predicted molar refractivity (Wildman–Crippen MR) is 122 cm³/mol. The lowest BCUT2D eigenvalue weighted by Crippen LogP contribution is -2.27. The molecule has 2 aromatic rings. The number of carbonyl (C=O) groups excluding carboxylic acids is 1. The molecule has 170 valence electrons. The molecule has 0 bridgehead atoms. The summed E-state index contributed by atoms with van der Waals surface area (Å²) in [5, 5.41) is 13.2. The van der Waals surface area contributed by atoms with Crippen molar-refractivity contribution >= 4 is 21.4 Å². The first-order valence-electron chi connectivity index (χ1n) is 10.7. The Balaban J connectivity index is 2.02. The van der Waals surface area contributed by atoms with E-state index in [0.29, 0.717) is 43.4 Å². The van der Waals surface area contributed by atoms with Gasteiger partial charge in [-0.3, -0.25) is 4.79 Å². The van der Waals surface area contributed by atoms with Crippen molar-refractivity contribution < 1.29 is 22.7 Å². The Hall–Kier alpha value is -2.25. The largest absolute Gasteiger partial charge is 0.390 e. The zero-order valence-electron chi connectivity index (χ0n) is 18.4. The molecular formula is C24H32FNO4S. The van der Waals surface area contributed by atoms with Gasteiger partial charge in [-0.2, -0.15) is 0 Å². The van der Waals surface area contributed by atoms with E-state index in [1.807, 2.05) is 13.8 Å². The first kappa shape index (κ1) is 25.0. The number of nitrogens with one attached hydrogen (secondary N) is 1. The lowest BCUT2D eigenvalue weighted by atomic mass is 9.89. The van der Waals surface area contributed by atoms with Crippen LogP contribution in [0.3, 0.4) is 0 Å². The smallest absolute Gasteiger partial charge is 0.255 e. The Labute approximate surface area is 184 Å². The van der Waals surface area contributed by atoms with E-state index in [1.165, 1.54) is 42.5 Å². The molecule has 1 amide bonds. The van der Waals surface area contributed by atoms with E-state index in [1.54, 1.807) is 6.92 Å². The van der Waals surface area contributed by atoms with Crippen LogP contribution in [0.25, 0.3) is 0 Å². The highest BCUT2D eigenvalue weighted by Crippen LogP contribution is 2.25. The van der Waals surface area contributed by atoms with Gasteiger partial charge in [-0.05, 0) is 81.0 Å². The van der Waals surface area contributed by atoms with E-state index < -0.39 is 21.3 Å². The van der Waals surface area contributed by atoms with Crippen LogP contribution in [0.4, 0.5) is 10.1 Å². The second kappa shape index (κ2) is 10.9. The number of hydrogen-bond acceptors (Lipinski definition) is 4. The number of anilines is 1. The fraction of sp³-hybridized carbons (Fsp3) is 0.458. The van der Waals surface area contributed by atoms with Gasteiger partial charge in [0.05, 0.1) is 16.2 Å². The normalized spacial score (nSPS) is 13.6. The van der Waals surface area contributed by atoms with Gasteiger partial charge in [-0.15, -0.1) is 0 Å². The van der Waals surface area contributed by atoms with Gasteiger partial charge in [0.25, 0.3) is 5.91 Å². The molecular weight excluding hydrogens is 417 g/mol. The summed E-state index contributed by atoms with van der Waals surface area (Å²) < 4.78 is 38.9. The summed E-state index contributed by atoms with van der Waals surface area (Å²) in [6.45, 7) is 5.56. The van der Waals surface area contributed by atoms with Crippen LogP contribution in [0.15, 0.2) is 47.4 Å². The summed E-state index contributed by atoms with van der Waals surface area (Å²) in [5.74, 6) is -0.866. The van der Waals surface area contributed by atoms with Gasteiger partial charge in [0.15, 0.2) is 9.84 Å². The topological polar surface area (TPSA) is 83.5 Å². The maximum absolute atomic E-state index is 13.4. The van der Waals surface area contributed by atoms with E-state index in [0.717, 1.165) is 6.42 Å². The quantitative estimate of drug-likeness (QED) is 0.458. The summed E-state index contributed by atoms with van der Waals surface area (Å²) in [6, 6.07) is 10.2. The van der Waals surface area contributed by atoms with Crippen LogP contribution in [0, 0.1) is 12.7 Å². The Morgan fingerprint density at radius 3 is 2.48 bits per heavy atom. The Kier molecular flexibility index (Phi) is 8.77. The molecule has 31 heavy (non-hydrogen) atoms. The van der Waals surface area contributed by atoms with Crippen LogP contribution in [0.5, 0.6) is 0 Å². The third-order valence-electron chi connectivity index (χ3n) is 5.55. The average molecular weight is 450 g/mol. The fourth-order valence-electron chi connectivity index (χ4n) is 3.56. The van der Waals surface area contributed by atoms with Gasteiger partial charge >= 0.3 is 0 Å². The number of carbonyl (C=O) groups is 1. The molecule has 1 atom stereocenters. The molecule has 2 aromatic carbocycles. The number of aryl methyl sites for hydroxylation is 1. The summed E-state index contributed by atoms with van der Waals surface area (Å²) in [6.07, 6.45) is 3.88. The number of amides is 1. The summed E-state index contributed by atoms with van der Waals surface area (Å²) in [7, 11) is -3.55. The monoisotopic (exact) mass is 449 g/mol. The molecule has 0 aliphatic carbocycles. The molecule has 7 heteroatoms. The molecule has 0 saturated carbocycles. The van der Waals surface area contributed by atoms with Crippen molar-refractivity contribution in [2.45, 2.75) is 69.8 Å². The lowest BCUT2D eigenvalue weighted by Gasteiger charge is -2.26. The Morgan fingerprint density at radius 1 is 1.10 bits per heavy atom. The van der Waals surface area contributed by atoms with Crippen molar-refractivity contribution in [2.75, 3.05) is 11.1 Å². The van der Waals surface area contributed by atoms with Crippen molar-refractivity contribution in [3.05, 3.63) is 59.4 Å². The molecule has 0 radical (unpaired) electrons. The number of rotatable bonds is 11. The minimum atomic E-state index is -3.55. The Morgan fingerprint density at radius 2 is 1.84 bits per heavy atom. The highest BCUT2D eigenvalue weighted by atomic mass is 32.2. The van der Waals surface area contributed by atoms with Crippen LogP contribution in [-0.4, -0.2) is 30.8 Å². The third kappa shape index (κ3) is 7.14. The molecule has 2 rings (SSSR count). The highest BCUT2D eigenvalue weighted by Gasteiger charge is 2.23. The lowest BCUT2D eigenvalue weighted by molar-refractivity contribution is 0.0162. The van der Waals surface area contributed by atoms with Crippen LogP contribution in [-0.2, 0) is 9.84 Å². The van der Waals surface area contributed by atoms with E-state index in [2.05, 4.69) is 5.32 Å². The minimum absolute atomic E-state index is 0.0405. The van der Waals surface area contributed by atoms with E-state index in [-0.39, 0.29) is 22.0 Å². The van der Waals surface area contributed by atoms with Crippen molar-refractivity contribution in [3.8, 4) is 0 Å². The van der Waals surface area contributed by atoms with Gasteiger partial charge < -0.3 is 10.4 Å². The molecule has 1 unspecified atom stereocenters. The molecule has 5 nitrogen and oxygen atoms in total. The first-order valence-corrected chi connectivity index (χ1v) is 12.4. The number of aliphatic hydroxyl groups is 1. The molecule has 0 spiro atoms. The molecule has 0 heterocycles. The number of benzene rings is 2. The van der Waals surface area contributed by atoms with Crippen molar-refractivity contribution in [3.63, 3.8) is 0 Å². The summed E-state index contributed by atoms with van der Waals surface area (Å²) in [5.41, 5.74) is 0.330. The maximum atomic E-state index is 13.4. The second-order valence-corrected chi connectivity index (χ2v) is 10.2. The summed E-state index contributed by atoms with van der Waals surface area (Å²) in [4.78, 5) is 12.6. The zero-order chi connectivity index (χ0) is 23.1. The minimum Gasteiger partial charge on any atom is -0.390 e. The van der Waals surface area contributed by atoms with Gasteiger partial charge in [-0.1, -0.05) is 26.3 Å². The number of unbranched alkanes of at least 4 members (excludes halogenated alkanes) is 1. The van der Waals surface area contributed by atoms with Crippen LogP contribution >= 0.6 is 0 Å². The second-order valence-electron chi connectivity index (χ2n) is 8.05. The van der Waals surface area contributed by atoms with E-state index in [4.69, 9.17) is 0 Å². The third-order valence-corrected chi connectivity index (χ3v) is 7.35. The number of halogens is 1. The maximum Gasteiger partial charge on any atom is 0.255 e. The first-order chi connectivity index (χ1) is 14.6. The Bertz CT molecular complexity index is 1010. The van der Waals surface area contributed by atoms with Gasteiger partial charge in [0.2, 0.25) is 0 Å². The molecule has 0 aliphatic heterocycles. The molecule has 0 fully saturated rings. The molecule has 0 aromatic heterocycles. The predicted octanol–water partition coefficient (Wildman–Crippen LogP) is 5.27. The van der Waals surface area contributed by atoms with E-state index in [9.17, 15) is 22.7 Å². The molecule has 0 aliphatic rings. The standard InChI is InChI=1S/C24H32FNO4S/c1-4-13-24(28,5-2)14-6-7-15-31(29,30)21-10-8-9-19(17-21)23(27)26-20-11-12-22(25)18(3)16-20/h8-12,16-17,28H,4-7,13-15H2,1-3H3,(H,26,27). The van der Waals surface area contributed by atoms with Gasteiger partial charge in [0, 0.05) is 11.3 Å². The van der Waals surface area contributed by atoms with Crippen LogP contribution < -0.4 is 5.32 Å². The SMILES string of the molecule is CCCC(O)(CC)CCCCS(=O)(=O)c1cccc(C(=O)Nc2ccc(F)c(C)c2)c1. The van der Waals surface area contributed by atoms with E-state index >= 15 is 0 Å². The number of hydrogen-bond donors (Lipinski definition) is 2. The number of sulfone groups is 1. The van der Waals surface area contributed by atoms with Crippen molar-refractivity contribution in [1.29, 1.82) is 0 Å². The van der Waals surface area contributed by atoms with Crippen molar-refractivity contribution in [2.24, 2.45) is 0 Å². The highest BCUT2D eigenvalue weighted by molar-refractivity contribution is 7.91. The van der Waals surface area contributed by atoms with Crippen molar-refractivity contribution in [1.82, 2.24) is 0 Å². The van der Waals surface area contributed by atoms with Gasteiger partial charge in [0.1, 0.15) is 5.82 Å². The van der Waals surface area contributed by atoms with Crippen LogP contribution in [0.2, 0.25) is 0 Å². The summed E-state index contributed by atoms with van der Waals surface area (Å²) >= 11 is 0. The van der Waals surface area contributed by atoms with Crippen LogP contribution in [0.1, 0.15) is 68.3 Å².